The molecule has 0 atom stereocenters. The summed E-state index contributed by atoms with van der Waals surface area (Å²) < 4.78 is 5.54. The van der Waals surface area contributed by atoms with Crippen LogP contribution in [0.1, 0.15) is 5.76 Å². The standard InChI is InChI=1S/C8H8BrN5O/c9-6-3-7(10)14-8(13-6)11-4-5-1-2-12-15-5/h1-3H,4H2,(H3,10,11,13,14). The van der Waals surface area contributed by atoms with Crippen LogP contribution in [-0.4, -0.2) is 15.1 Å². The van der Waals surface area contributed by atoms with Gasteiger partial charge in [-0.15, -0.1) is 0 Å². The second-order valence-corrected chi connectivity index (χ2v) is 3.58. The molecular weight excluding hydrogens is 262 g/mol. The summed E-state index contributed by atoms with van der Waals surface area (Å²) in [7, 11) is 0. The molecule has 0 bridgehead atoms. The van der Waals surface area contributed by atoms with Crippen LogP contribution in [0.3, 0.4) is 0 Å². The number of nitrogens with zero attached hydrogens (tertiary/aromatic N) is 3. The average Bonchev–Trinajstić information content (AvgIpc) is 2.65. The Kier molecular flexibility index (Phi) is 2.82. The summed E-state index contributed by atoms with van der Waals surface area (Å²) in [6.45, 7) is 0.468. The van der Waals surface area contributed by atoms with Crippen molar-refractivity contribution in [1.82, 2.24) is 15.1 Å². The van der Waals surface area contributed by atoms with Gasteiger partial charge in [-0.3, -0.25) is 0 Å². The van der Waals surface area contributed by atoms with Crippen molar-refractivity contribution in [1.29, 1.82) is 0 Å². The Morgan fingerprint density at radius 1 is 1.47 bits per heavy atom. The smallest absolute Gasteiger partial charge is 0.226 e. The molecule has 0 aliphatic rings. The van der Waals surface area contributed by atoms with Crippen molar-refractivity contribution in [3.63, 3.8) is 0 Å². The molecule has 7 heteroatoms. The van der Waals surface area contributed by atoms with E-state index in [2.05, 4.69) is 36.4 Å². The van der Waals surface area contributed by atoms with Gasteiger partial charge in [-0.2, -0.15) is 4.98 Å². The number of aromatic nitrogens is 3. The van der Waals surface area contributed by atoms with Gasteiger partial charge >= 0.3 is 0 Å². The highest BCUT2D eigenvalue weighted by molar-refractivity contribution is 9.10. The predicted molar refractivity (Wildman–Crippen MR) is 58.0 cm³/mol. The Hall–Kier alpha value is -1.63. The molecule has 3 N–H and O–H groups in total. The molecule has 0 aliphatic heterocycles. The highest BCUT2D eigenvalue weighted by Gasteiger charge is 2.01. The Morgan fingerprint density at radius 2 is 2.33 bits per heavy atom. The largest absolute Gasteiger partial charge is 0.383 e. The van der Waals surface area contributed by atoms with Gasteiger partial charge in [-0.05, 0) is 15.9 Å². The Bertz CT molecular complexity index is 424. The molecule has 0 saturated carbocycles. The quantitative estimate of drug-likeness (QED) is 0.820. The first-order chi connectivity index (χ1) is 7.24. The lowest BCUT2D eigenvalue weighted by molar-refractivity contribution is 0.388. The Morgan fingerprint density at radius 3 is 3.00 bits per heavy atom. The number of rotatable bonds is 3. The van der Waals surface area contributed by atoms with Crippen LogP contribution >= 0.6 is 15.9 Å². The van der Waals surface area contributed by atoms with E-state index in [-0.39, 0.29) is 0 Å². The molecule has 0 aliphatic carbocycles. The highest BCUT2D eigenvalue weighted by Crippen LogP contribution is 2.12. The molecule has 0 fully saturated rings. The number of halogens is 1. The number of anilines is 2. The van der Waals surface area contributed by atoms with Crippen LogP contribution in [0.5, 0.6) is 0 Å². The summed E-state index contributed by atoms with van der Waals surface area (Å²) in [5.74, 6) is 1.55. The van der Waals surface area contributed by atoms with E-state index in [4.69, 9.17) is 10.3 Å². The van der Waals surface area contributed by atoms with Gasteiger partial charge in [0.15, 0.2) is 5.76 Å². The van der Waals surface area contributed by atoms with E-state index in [0.717, 1.165) is 0 Å². The summed E-state index contributed by atoms with van der Waals surface area (Å²) in [5.41, 5.74) is 5.55. The lowest BCUT2D eigenvalue weighted by Crippen LogP contribution is -2.04. The maximum atomic E-state index is 5.55. The number of nitrogen functional groups attached to an aromatic ring is 1. The van der Waals surface area contributed by atoms with E-state index < -0.39 is 0 Å². The molecule has 0 unspecified atom stereocenters. The monoisotopic (exact) mass is 269 g/mol. The van der Waals surface area contributed by atoms with Gasteiger partial charge in [0, 0.05) is 12.1 Å². The molecule has 2 aromatic heterocycles. The first-order valence-corrected chi connectivity index (χ1v) is 4.97. The van der Waals surface area contributed by atoms with Gasteiger partial charge in [-0.25, -0.2) is 4.98 Å². The van der Waals surface area contributed by atoms with Gasteiger partial charge < -0.3 is 15.6 Å². The van der Waals surface area contributed by atoms with Crippen LogP contribution in [0, 0.1) is 0 Å². The van der Waals surface area contributed by atoms with Crippen molar-refractivity contribution in [3.05, 3.63) is 28.7 Å². The van der Waals surface area contributed by atoms with E-state index in [1.165, 1.54) is 0 Å². The van der Waals surface area contributed by atoms with Gasteiger partial charge in [0.2, 0.25) is 5.95 Å². The minimum atomic E-state index is 0.400. The van der Waals surface area contributed by atoms with Crippen LogP contribution in [-0.2, 0) is 6.54 Å². The summed E-state index contributed by atoms with van der Waals surface area (Å²) in [5, 5.41) is 6.54. The minimum Gasteiger partial charge on any atom is -0.383 e. The molecule has 0 aromatic carbocycles. The molecule has 0 amide bonds. The van der Waals surface area contributed by atoms with Crippen molar-refractivity contribution in [2.24, 2.45) is 0 Å². The SMILES string of the molecule is Nc1cc(Br)nc(NCc2ccno2)n1. The highest BCUT2D eigenvalue weighted by atomic mass is 79.9. The van der Waals surface area contributed by atoms with Crippen molar-refractivity contribution in [3.8, 4) is 0 Å². The third kappa shape index (κ3) is 2.66. The summed E-state index contributed by atoms with van der Waals surface area (Å²) in [4.78, 5) is 8.08. The molecule has 15 heavy (non-hydrogen) atoms. The van der Waals surface area contributed by atoms with E-state index in [1.807, 2.05) is 0 Å². The zero-order valence-corrected chi connectivity index (χ0v) is 9.23. The third-order valence-corrected chi connectivity index (χ3v) is 2.03. The lowest BCUT2D eigenvalue weighted by Gasteiger charge is -2.03. The minimum absolute atomic E-state index is 0.400. The topological polar surface area (TPSA) is 89.9 Å². The molecule has 6 nitrogen and oxygen atoms in total. The zero-order chi connectivity index (χ0) is 10.7. The molecule has 0 saturated heterocycles. The summed E-state index contributed by atoms with van der Waals surface area (Å²) in [6, 6.07) is 3.38. The molecule has 2 rings (SSSR count). The fourth-order valence-electron chi connectivity index (χ4n) is 1.01. The molecule has 0 radical (unpaired) electrons. The summed E-state index contributed by atoms with van der Waals surface area (Å²) >= 11 is 3.22. The van der Waals surface area contributed by atoms with Crippen LogP contribution < -0.4 is 11.1 Å². The third-order valence-electron chi connectivity index (χ3n) is 1.63. The Balaban J connectivity index is 2.05. The molecule has 78 valence electrons. The molecule has 2 heterocycles. The normalized spacial score (nSPS) is 10.2. The maximum absolute atomic E-state index is 5.55. The number of nitrogens with two attached hydrogens (primary N) is 1. The zero-order valence-electron chi connectivity index (χ0n) is 7.64. The van der Waals surface area contributed by atoms with Crippen molar-refractivity contribution in [2.45, 2.75) is 6.54 Å². The van der Waals surface area contributed by atoms with Crippen molar-refractivity contribution < 1.29 is 4.52 Å². The molecule has 0 spiro atoms. The Labute approximate surface area is 94.0 Å². The molecule has 2 aromatic rings. The van der Waals surface area contributed by atoms with Crippen LogP contribution in [0.25, 0.3) is 0 Å². The fourth-order valence-corrected chi connectivity index (χ4v) is 1.42. The second-order valence-electron chi connectivity index (χ2n) is 2.77. The summed E-state index contributed by atoms with van der Waals surface area (Å²) in [6.07, 6.45) is 1.58. The van der Waals surface area contributed by atoms with E-state index in [0.29, 0.717) is 28.7 Å². The second kappa shape index (κ2) is 4.26. The van der Waals surface area contributed by atoms with E-state index in [1.54, 1.807) is 18.3 Å². The van der Waals surface area contributed by atoms with Crippen LogP contribution in [0.15, 0.2) is 27.5 Å². The van der Waals surface area contributed by atoms with E-state index >= 15 is 0 Å². The van der Waals surface area contributed by atoms with Gasteiger partial charge in [0.25, 0.3) is 0 Å². The fraction of sp³-hybridized carbons (Fsp3) is 0.125. The number of hydrogen-bond acceptors (Lipinski definition) is 6. The van der Waals surface area contributed by atoms with Crippen LogP contribution in [0.2, 0.25) is 0 Å². The number of hydrogen-bond donors (Lipinski definition) is 2. The first kappa shape index (κ1) is 9.91. The van der Waals surface area contributed by atoms with Gasteiger partial charge in [0.05, 0.1) is 12.7 Å². The van der Waals surface area contributed by atoms with Gasteiger partial charge in [0.1, 0.15) is 10.4 Å². The van der Waals surface area contributed by atoms with E-state index in [9.17, 15) is 0 Å². The van der Waals surface area contributed by atoms with Crippen molar-refractivity contribution in [2.75, 3.05) is 11.1 Å². The first-order valence-electron chi connectivity index (χ1n) is 4.17. The van der Waals surface area contributed by atoms with Crippen LogP contribution in [0.4, 0.5) is 11.8 Å². The lowest BCUT2D eigenvalue weighted by atomic mass is 10.4. The molecular formula is C8H8BrN5O. The predicted octanol–water partition coefficient (Wildman–Crippen LogP) is 1.42. The number of nitrogens with one attached hydrogen (secondary N) is 1. The maximum Gasteiger partial charge on any atom is 0.226 e. The van der Waals surface area contributed by atoms with Crippen molar-refractivity contribution >= 4 is 27.7 Å². The average molecular weight is 270 g/mol. The van der Waals surface area contributed by atoms with Gasteiger partial charge in [-0.1, -0.05) is 5.16 Å².